The van der Waals surface area contributed by atoms with Crippen molar-refractivity contribution in [1.29, 1.82) is 0 Å². The Labute approximate surface area is 64.4 Å². The summed E-state index contributed by atoms with van der Waals surface area (Å²) < 4.78 is 0. The van der Waals surface area contributed by atoms with Crippen LogP contribution in [-0.4, -0.2) is 11.4 Å². The van der Waals surface area contributed by atoms with Crippen molar-refractivity contribution < 1.29 is 4.79 Å². The first-order valence-electron chi connectivity index (χ1n) is 2.73. The van der Waals surface area contributed by atoms with Crippen molar-refractivity contribution >= 4 is 26.7 Å². The molecular weight excluding hydrogens is 152 g/mol. The topological polar surface area (TPSA) is 17.1 Å². The summed E-state index contributed by atoms with van der Waals surface area (Å²) in [4.78, 5) is 11.0. The summed E-state index contributed by atoms with van der Waals surface area (Å²) in [6, 6.07) is 0. The second-order valence-electron chi connectivity index (χ2n) is 2.79. The minimum absolute atomic E-state index is 0.187. The Kier molecular flexibility index (Phi) is 3.66. The second-order valence-corrected chi connectivity index (χ2v) is 5.16. The van der Waals surface area contributed by atoms with Gasteiger partial charge < -0.3 is 0 Å². The molecule has 0 radical (unpaired) electrons. The molecule has 3 heteroatoms. The van der Waals surface area contributed by atoms with Crippen molar-refractivity contribution in [2.24, 2.45) is 5.41 Å². The molecule has 0 fully saturated rings. The summed E-state index contributed by atoms with van der Waals surface area (Å²) in [5, 5.41) is 0.245. The minimum Gasteiger partial charge on any atom is -0.286 e. The van der Waals surface area contributed by atoms with Crippen molar-refractivity contribution in [3.05, 3.63) is 0 Å². The molecule has 54 valence electrons. The average molecular weight is 164 g/mol. The van der Waals surface area contributed by atoms with E-state index in [1.165, 1.54) is 21.6 Å². The van der Waals surface area contributed by atoms with Crippen LogP contribution in [0.15, 0.2) is 0 Å². The molecule has 0 saturated heterocycles. The van der Waals surface area contributed by atoms with Gasteiger partial charge in [0.1, 0.15) is 0 Å². The van der Waals surface area contributed by atoms with E-state index >= 15 is 0 Å². The lowest BCUT2D eigenvalue weighted by molar-refractivity contribution is -0.117. The van der Waals surface area contributed by atoms with E-state index < -0.39 is 0 Å². The molecule has 0 amide bonds. The number of rotatable bonds is 1. The summed E-state index contributed by atoms with van der Waals surface area (Å²) in [7, 11) is 2.82. The maximum Gasteiger partial charge on any atom is 0.204 e. The SMILES string of the molecule is CSSC(=O)C(C)(C)C. The van der Waals surface area contributed by atoms with Gasteiger partial charge in [0.25, 0.3) is 0 Å². The molecule has 0 atom stereocenters. The number of hydrogen-bond donors (Lipinski definition) is 0. The molecule has 0 saturated carbocycles. The zero-order chi connectivity index (χ0) is 7.49. The van der Waals surface area contributed by atoms with Crippen LogP contribution in [0.5, 0.6) is 0 Å². The third-order valence-electron chi connectivity index (χ3n) is 0.771. The van der Waals surface area contributed by atoms with Crippen LogP contribution >= 0.6 is 21.6 Å². The van der Waals surface area contributed by atoms with Gasteiger partial charge in [0.15, 0.2) is 0 Å². The summed E-state index contributed by atoms with van der Waals surface area (Å²) >= 11 is 0. The molecule has 0 aromatic heterocycles. The van der Waals surface area contributed by atoms with Gasteiger partial charge in [-0.2, -0.15) is 0 Å². The quantitative estimate of drug-likeness (QED) is 0.554. The normalized spacial score (nSPS) is 11.6. The molecule has 0 aliphatic heterocycles. The molecule has 0 rings (SSSR count). The molecule has 0 aromatic carbocycles. The van der Waals surface area contributed by atoms with E-state index in [4.69, 9.17) is 0 Å². The Hall–Kier alpha value is 0.370. The lowest BCUT2D eigenvalue weighted by atomic mass is 10.00. The monoisotopic (exact) mass is 164 g/mol. The average Bonchev–Trinajstić information content (AvgIpc) is 1.64. The molecule has 0 aromatic rings. The first kappa shape index (κ1) is 9.37. The predicted molar refractivity (Wildman–Crippen MR) is 45.6 cm³/mol. The molecule has 0 aliphatic carbocycles. The summed E-state index contributed by atoms with van der Waals surface area (Å²) in [5.74, 6) is 0. The van der Waals surface area contributed by atoms with Crippen LogP contribution in [0.2, 0.25) is 0 Å². The van der Waals surface area contributed by atoms with Gasteiger partial charge in [0.05, 0.1) is 0 Å². The van der Waals surface area contributed by atoms with E-state index in [0.717, 1.165) is 0 Å². The van der Waals surface area contributed by atoms with E-state index in [1.54, 1.807) is 0 Å². The van der Waals surface area contributed by atoms with E-state index in [2.05, 4.69) is 0 Å². The van der Waals surface area contributed by atoms with Crippen LogP contribution in [0.3, 0.4) is 0 Å². The number of hydrogen-bond acceptors (Lipinski definition) is 3. The van der Waals surface area contributed by atoms with Crippen LogP contribution in [0, 0.1) is 5.41 Å². The van der Waals surface area contributed by atoms with Crippen molar-refractivity contribution in [2.45, 2.75) is 20.8 Å². The van der Waals surface area contributed by atoms with Crippen molar-refractivity contribution in [3.8, 4) is 0 Å². The molecule has 0 spiro atoms. The fourth-order valence-corrected chi connectivity index (χ4v) is 1.81. The summed E-state index contributed by atoms with van der Waals surface area (Å²) in [6.45, 7) is 5.79. The Morgan fingerprint density at radius 3 is 1.89 bits per heavy atom. The van der Waals surface area contributed by atoms with Crippen LogP contribution in [0.25, 0.3) is 0 Å². The highest BCUT2D eigenvalue weighted by atomic mass is 33.1. The third-order valence-corrected chi connectivity index (χ3v) is 2.66. The van der Waals surface area contributed by atoms with Gasteiger partial charge in [-0.05, 0) is 17.0 Å². The minimum atomic E-state index is -0.187. The maximum absolute atomic E-state index is 11.0. The van der Waals surface area contributed by atoms with E-state index in [-0.39, 0.29) is 10.5 Å². The van der Waals surface area contributed by atoms with Gasteiger partial charge in [-0.15, -0.1) is 0 Å². The van der Waals surface area contributed by atoms with Crippen molar-refractivity contribution in [1.82, 2.24) is 0 Å². The van der Waals surface area contributed by atoms with Gasteiger partial charge in [-0.3, -0.25) is 4.79 Å². The van der Waals surface area contributed by atoms with Gasteiger partial charge in [-0.25, -0.2) is 0 Å². The largest absolute Gasteiger partial charge is 0.286 e. The Morgan fingerprint density at radius 1 is 1.33 bits per heavy atom. The molecule has 0 unspecified atom stereocenters. The zero-order valence-electron chi connectivity index (χ0n) is 6.22. The van der Waals surface area contributed by atoms with Gasteiger partial charge >= 0.3 is 0 Å². The standard InChI is InChI=1S/C6H12OS2/c1-6(2,3)5(7)9-8-4/h1-4H3. The van der Waals surface area contributed by atoms with Crippen LogP contribution in [0.4, 0.5) is 0 Å². The van der Waals surface area contributed by atoms with Gasteiger partial charge in [0.2, 0.25) is 5.12 Å². The maximum atomic E-state index is 11.0. The summed E-state index contributed by atoms with van der Waals surface area (Å²) in [5.41, 5.74) is -0.187. The molecule has 0 bridgehead atoms. The van der Waals surface area contributed by atoms with Gasteiger partial charge in [0, 0.05) is 5.41 Å². The summed E-state index contributed by atoms with van der Waals surface area (Å²) in [6.07, 6.45) is 1.91. The molecule has 0 N–H and O–H groups in total. The molecule has 1 nitrogen and oxygen atoms in total. The van der Waals surface area contributed by atoms with E-state index in [0.29, 0.717) is 0 Å². The fourth-order valence-electron chi connectivity index (χ4n) is 0.201. The number of carbonyl (C=O) groups is 1. The molecule has 0 heterocycles. The first-order valence-corrected chi connectivity index (χ1v) is 5.29. The van der Waals surface area contributed by atoms with Crippen LogP contribution in [-0.2, 0) is 4.79 Å². The van der Waals surface area contributed by atoms with Crippen molar-refractivity contribution in [2.75, 3.05) is 6.26 Å². The Bertz CT molecular complexity index is 104. The highest BCUT2D eigenvalue weighted by molar-refractivity contribution is 8.82. The lowest BCUT2D eigenvalue weighted by Gasteiger charge is -2.13. The lowest BCUT2D eigenvalue weighted by Crippen LogP contribution is -2.15. The zero-order valence-corrected chi connectivity index (χ0v) is 7.86. The van der Waals surface area contributed by atoms with Crippen LogP contribution < -0.4 is 0 Å². The van der Waals surface area contributed by atoms with Gasteiger partial charge in [-0.1, -0.05) is 31.6 Å². The highest BCUT2D eigenvalue weighted by Crippen LogP contribution is 2.29. The predicted octanol–water partition coefficient (Wildman–Crippen LogP) is 2.57. The number of carbonyl (C=O) groups excluding carboxylic acids is 1. The van der Waals surface area contributed by atoms with E-state index in [9.17, 15) is 4.79 Å². The van der Waals surface area contributed by atoms with Crippen LogP contribution in [0.1, 0.15) is 20.8 Å². The second kappa shape index (κ2) is 3.52. The molecular formula is C6H12OS2. The fraction of sp³-hybridized carbons (Fsp3) is 0.833. The first-order chi connectivity index (χ1) is 3.98. The Morgan fingerprint density at radius 2 is 1.78 bits per heavy atom. The third kappa shape index (κ3) is 3.87. The molecule has 9 heavy (non-hydrogen) atoms. The van der Waals surface area contributed by atoms with E-state index in [1.807, 2.05) is 27.0 Å². The van der Waals surface area contributed by atoms with Crippen molar-refractivity contribution in [3.63, 3.8) is 0 Å². The molecule has 0 aliphatic rings. The highest BCUT2D eigenvalue weighted by Gasteiger charge is 2.20. The Balaban J connectivity index is 3.74. The smallest absolute Gasteiger partial charge is 0.204 e.